The molecule has 0 spiro atoms. The molecule has 7 nitrogen and oxygen atoms in total. The van der Waals surface area contributed by atoms with E-state index >= 15 is 0 Å². The van der Waals surface area contributed by atoms with Gasteiger partial charge in [-0.1, -0.05) is 12.1 Å². The summed E-state index contributed by atoms with van der Waals surface area (Å²) in [4.78, 5) is 14.8. The van der Waals surface area contributed by atoms with Crippen LogP contribution in [0.3, 0.4) is 0 Å². The second kappa shape index (κ2) is 6.00. The van der Waals surface area contributed by atoms with Crippen molar-refractivity contribution in [2.45, 2.75) is 18.3 Å². The van der Waals surface area contributed by atoms with Crippen molar-refractivity contribution in [1.29, 1.82) is 0 Å². The molecule has 3 heterocycles. The molecule has 1 amide bonds. The molecule has 1 aliphatic carbocycles. The van der Waals surface area contributed by atoms with Gasteiger partial charge in [-0.3, -0.25) is 4.79 Å². The van der Waals surface area contributed by atoms with Crippen LogP contribution in [0, 0.1) is 11.7 Å². The maximum Gasteiger partial charge on any atom is 0.230 e. The third-order valence-electron chi connectivity index (χ3n) is 5.56. The molecular weight excluding hydrogens is 347 g/mol. The number of hydrogen-bond acceptors (Lipinski definition) is 5. The first-order valence-corrected chi connectivity index (χ1v) is 9.10. The van der Waals surface area contributed by atoms with E-state index in [4.69, 9.17) is 0 Å². The number of carbonyl (C=O) groups is 1. The zero-order valence-electron chi connectivity index (χ0n) is 14.7. The minimum Gasteiger partial charge on any atom is -0.355 e. The van der Waals surface area contributed by atoms with Crippen LogP contribution in [0.15, 0.2) is 42.7 Å². The fourth-order valence-electron chi connectivity index (χ4n) is 3.72. The Morgan fingerprint density at radius 1 is 1.19 bits per heavy atom. The standard InChI is InChI=1S/C19H19FN6O/c20-15-3-1-14(2-4-15)19(7-8-19)18(27)21-9-13-10-25(11-13)17-6-5-16-23-22-12-26(16)24-17/h1-6,12-13H,7-11H2,(H,21,27). The van der Waals surface area contributed by atoms with Gasteiger partial charge in [0, 0.05) is 25.6 Å². The van der Waals surface area contributed by atoms with E-state index in [1.165, 1.54) is 12.1 Å². The Bertz CT molecular complexity index is 991. The van der Waals surface area contributed by atoms with Crippen molar-refractivity contribution in [3.05, 3.63) is 54.1 Å². The van der Waals surface area contributed by atoms with Crippen molar-refractivity contribution < 1.29 is 9.18 Å². The van der Waals surface area contributed by atoms with E-state index in [9.17, 15) is 9.18 Å². The summed E-state index contributed by atoms with van der Waals surface area (Å²) in [5, 5.41) is 15.4. The van der Waals surface area contributed by atoms with Gasteiger partial charge in [0.15, 0.2) is 5.65 Å². The molecule has 1 saturated heterocycles. The highest BCUT2D eigenvalue weighted by molar-refractivity contribution is 5.91. The molecule has 3 aromatic rings. The molecule has 2 aromatic heterocycles. The smallest absolute Gasteiger partial charge is 0.230 e. The number of amides is 1. The molecule has 1 N–H and O–H groups in total. The number of aromatic nitrogens is 4. The summed E-state index contributed by atoms with van der Waals surface area (Å²) in [6.45, 7) is 2.35. The lowest BCUT2D eigenvalue weighted by molar-refractivity contribution is -0.123. The third kappa shape index (κ3) is 2.81. The Morgan fingerprint density at radius 3 is 2.70 bits per heavy atom. The average molecular weight is 366 g/mol. The van der Waals surface area contributed by atoms with Crippen LogP contribution in [0.25, 0.3) is 5.65 Å². The number of anilines is 1. The normalized spacial score (nSPS) is 18.3. The predicted octanol–water partition coefficient (Wildman–Crippen LogP) is 1.55. The highest BCUT2D eigenvalue weighted by Gasteiger charge is 2.51. The van der Waals surface area contributed by atoms with Gasteiger partial charge in [-0.05, 0) is 42.7 Å². The third-order valence-corrected chi connectivity index (χ3v) is 5.56. The van der Waals surface area contributed by atoms with E-state index in [1.54, 1.807) is 23.0 Å². The van der Waals surface area contributed by atoms with Crippen LogP contribution in [0.1, 0.15) is 18.4 Å². The lowest BCUT2D eigenvalue weighted by Gasteiger charge is -2.40. The molecule has 27 heavy (non-hydrogen) atoms. The Balaban J connectivity index is 1.16. The zero-order valence-corrected chi connectivity index (χ0v) is 14.7. The maximum absolute atomic E-state index is 13.1. The molecule has 1 aliphatic heterocycles. The van der Waals surface area contributed by atoms with Crippen LogP contribution in [0.2, 0.25) is 0 Å². The van der Waals surface area contributed by atoms with Gasteiger partial charge in [-0.15, -0.1) is 15.3 Å². The summed E-state index contributed by atoms with van der Waals surface area (Å²) in [5.41, 5.74) is 1.17. The Kier molecular flexibility index (Phi) is 3.60. The number of halogens is 1. The first kappa shape index (κ1) is 16.2. The Morgan fingerprint density at radius 2 is 1.96 bits per heavy atom. The number of nitrogens with one attached hydrogen (secondary N) is 1. The Labute approximate surface area is 155 Å². The molecular formula is C19H19FN6O. The van der Waals surface area contributed by atoms with E-state index in [0.29, 0.717) is 12.5 Å². The number of hydrogen-bond donors (Lipinski definition) is 1. The van der Waals surface area contributed by atoms with E-state index in [1.807, 2.05) is 12.1 Å². The maximum atomic E-state index is 13.1. The molecule has 1 aromatic carbocycles. The van der Waals surface area contributed by atoms with Crippen molar-refractivity contribution in [1.82, 2.24) is 25.1 Å². The molecule has 0 atom stereocenters. The summed E-state index contributed by atoms with van der Waals surface area (Å²) in [6, 6.07) is 10.1. The van der Waals surface area contributed by atoms with Crippen LogP contribution in [0.5, 0.6) is 0 Å². The molecule has 1 saturated carbocycles. The van der Waals surface area contributed by atoms with E-state index in [0.717, 1.165) is 43.0 Å². The Hall–Kier alpha value is -3.03. The van der Waals surface area contributed by atoms with Gasteiger partial charge < -0.3 is 10.2 Å². The fourth-order valence-corrected chi connectivity index (χ4v) is 3.72. The summed E-state index contributed by atoms with van der Waals surface area (Å²) < 4.78 is 14.8. The van der Waals surface area contributed by atoms with Gasteiger partial charge in [0.25, 0.3) is 0 Å². The van der Waals surface area contributed by atoms with Gasteiger partial charge in [-0.25, -0.2) is 4.39 Å². The van der Waals surface area contributed by atoms with Crippen molar-refractivity contribution in [3.8, 4) is 0 Å². The molecule has 0 unspecified atom stereocenters. The molecule has 2 fully saturated rings. The van der Waals surface area contributed by atoms with Crippen molar-refractivity contribution in [2.24, 2.45) is 5.92 Å². The number of rotatable bonds is 5. The van der Waals surface area contributed by atoms with Crippen LogP contribution in [-0.2, 0) is 10.2 Å². The van der Waals surface area contributed by atoms with Gasteiger partial charge in [-0.2, -0.15) is 4.52 Å². The van der Waals surface area contributed by atoms with Crippen LogP contribution >= 0.6 is 0 Å². The highest BCUT2D eigenvalue weighted by Crippen LogP contribution is 2.48. The topological polar surface area (TPSA) is 75.4 Å². The van der Waals surface area contributed by atoms with Crippen LogP contribution in [-0.4, -0.2) is 45.4 Å². The number of fused-ring (bicyclic) bond motifs is 1. The predicted molar refractivity (Wildman–Crippen MR) is 96.8 cm³/mol. The van der Waals surface area contributed by atoms with E-state index in [2.05, 4.69) is 25.5 Å². The molecule has 0 radical (unpaired) electrons. The quantitative estimate of drug-likeness (QED) is 0.742. The number of benzene rings is 1. The van der Waals surface area contributed by atoms with Gasteiger partial charge >= 0.3 is 0 Å². The molecule has 2 aliphatic rings. The van der Waals surface area contributed by atoms with Crippen LogP contribution in [0.4, 0.5) is 10.2 Å². The second-order valence-electron chi connectivity index (χ2n) is 7.40. The van der Waals surface area contributed by atoms with Crippen LogP contribution < -0.4 is 10.2 Å². The summed E-state index contributed by atoms with van der Waals surface area (Å²) in [7, 11) is 0. The molecule has 138 valence electrons. The van der Waals surface area contributed by atoms with Gasteiger partial charge in [0.2, 0.25) is 5.91 Å². The van der Waals surface area contributed by atoms with Crippen molar-refractivity contribution in [3.63, 3.8) is 0 Å². The number of nitrogens with zero attached hydrogens (tertiary/aromatic N) is 5. The molecule has 8 heteroatoms. The number of carbonyl (C=O) groups excluding carboxylic acids is 1. The van der Waals surface area contributed by atoms with E-state index in [-0.39, 0.29) is 11.7 Å². The van der Waals surface area contributed by atoms with Crippen molar-refractivity contribution in [2.75, 3.05) is 24.5 Å². The largest absolute Gasteiger partial charge is 0.355 e. The average Bonchev–Trinajstić information content (AvgIpc) is 3.32. The first-order valence-electron chi connectivity index (χ1n) is 9.10. The first-order chi connectivity index (χ1) is 13.1. The zero-order chi connectivity index (χ0) is 18.4. The SMILES string of the molecule is O=C(NCC1CN(c2ccc3nncn3n2)C1)C1(c2ccc(F)cc2)CC1. The minimum absolute atomic E-state index is 0.0524. The highest BCUT2D eigenvalue weighted by atomic mass is 19.1. The lowest BCUT2D eigenvalue weighted by atomic mass is 9.94. The summed E-state index contributed by atoms with van der Waals surface area (Å²) in [6.07, 6.45) is 3.23. The van der Waals surface area contributed by atoms with E-state index < -0.39 is 5.41 Å². The monoisotopic (exact) mass is 366 g/mol. The summed E-state index contributed by atoms with van der Waals surface area (Å²) >= 11 is 0. The minimum atomic E-state index is -0.460. The molecule has 5 rings (SSSR count). The fraction of sp³-hybridized carbons (Fsp3) is 0.368. The second-order valence-corrected chi connectivity index (χ2v) is 7.40. The van der Waals surface area contributed by atoms with Gasteiger partial charge in [0.1, 0.15) is 18.0 Å². The van der Waals surface area contributed by atoms with Gasteiger partial charge in [0.05, 0.1) is 5.41 Å². The summed E-state index contributed by atoms with van der Waals surface area (Å²) in [5.74, 6) is 1.06. The van der Waals surface area contributed by atoms with Crippen molar-refractivity contribution >= 4 is 17.4 Å². The lowest BCUT2D eigenvalue weighted by Crippen LogP contribution is -2.52. The molecule has 0 bridgehead atoms.